The second-order valence-corrected chi connectivity index (χ2v) is 3.70. The van der Waals surface area contributed by atoms with Gasteiger partial charge < -0.3 is 4.74 Å². The van der Waals surface area contributed by atoms with Gasteiger partial charge in [0.05, 0.1) is 13.0 Å². The minimum atomic E-state index is -4.29. The zero-order valence-corrected chi connectivity index (χ0v) is 9.03. The molecule has 0 saturated carbocycles. The minimum absolute atomic E-state index is 0.186. The molecular formula is C9H7BrF4O. The van der Waals surface area contributed by atoms with Crippen LogP contribution in [0.1, 0.15) is 6.42 Å². The molecule has 0 aliphatic rings. The standard InChI is InChI=1S/C9H7BrF4O/c10-6-1-2-7(11)8(5-6)15-4-3-9(12,13)14/h1-2,5H,3-4H2. The van der Waals surface area contributed by atoms with Crippen molar-refractivity contribution in [2.45, 2.75) is 12.6 Å². The van der Waals surface area contributed by atoms with Crippen molar-refractivity contribution in [2.75, 3.05) is 6.61 Å². The fourth-order valence-electron chi connectivity index (χ4n) is 0.865. The number of benzene rings is 1. The fourth-order valence-corrected chi connectivity index (χ4v) is 1.20. The SMILES string of the molecule is Fc1ccc(Br)cc1OCCC(F)(F)F. The Balaban J connectivity index is 2.54. The number of halogens is 5. The van der Waals surface area contributed by atoms with E-state index in [-0.39, 0.29) is 5.75 Å². The van der Waals surface area contributed by atoms with Crippen molar-refractivity contribution in [3.8, 4) is 5.75 Å². The van der Waals surface area contributed by atoms with E-state index in [4.69, 9.17) is 0 Å². The van der Waals surface area contributed by atoms with Gasteiger partial charge in [0.1, 0.15) is 0 Å². The second-order valence-electron chi connectivity index (χ2n) is 2.79. The number of hydrogen-bond donors (Lipinski definition) is 0. The molecule has 84 valence electrons. The molecule has 0 fully saturated rings. The zero-order valence-electron chi connectivity index (χ0n) is 7.44. The largest absolute Gasteiger partial charge is 0.490 e. The van der Waals surface area contributed by atoms with Crippen LogP contribution >= 0.6 is 15.9 Å². The van der Waals surface area contributed by atoms with Crippen LogP contribution in [0.4, 0.5) is 17.6 Å². The summed E-state index contributed by atoms with van der Waals surface area (Å²) in [5, 5.41) is 0. The van der Waals surface area contributed by atoms with Gasteiger partial charge in [-0.1, -0.05) is 15.9 Å². The van der Waals surface area contributed by atoms with E-state index in [0.717, 1.165) is 6.07 Å². The van der Waals surface area contributed by atoms with Crippen LogP contribution in [0.15, 0.2) is 22.7 Å². The molecule has 0 aromatic heterocycles. The number of hydrogen-bond acceptors (Lipinski definition) is 1. The molecule has 1 nitrogen and oxygen atoms in total. The monoisotopic (exact) mass is 286 g/mol. The van der Waals surface area contributed by atoms with Crippen LogP contribution in [0.2, 0.25) is 0 Å². The van der Waals surface area contributed by atoms with Gasteiger partial charge in [-0.05, 0) is 18.2 Å². The highest BCUT2D eigenvalue weighted by Gasteiger charge is 2.27. The highest BCUT2D eigenvalue weighted by atomic mass is 79.9. The highest BCUT2D eigenvalue weighted by molar-refractivity contribution is 9.10. The normalized spacial score (nSPS) is 11.5. The molecule has 6 heteroatoms. The minimum Gasteiger partial charge on any atom is -0.490 e. The summed E-state index contributed by atoms with van der Waals surface area (Å²) in [4.78, 5) is 0. The van der Waals surface area contributed by atoms with Gasteiger partial charge in [0.2, 0.25) is 0 Å². The smallest absolute Gasteiger partial charge is 0.392 e. The molecule has 0 radical (unpaired) electrons. The van der Waals surface area contributed by atoms with Crippen molar-refractivity contribution in [2.24, 2.45) is 0 Å². The van der Waals surface area contributed by atoms with Gasteiger partial charge in [-0.3, -0.25) is 0 Å². The van der Waals surface area contributed by atoms with Crippen molar-refractivity contribution in [3.63, 3.8) is 0 Å². The first kappa shape index (κ1) is 12.3. The molecule has 0 N–H and O–H groups in total. The third-order valence-electron chi connectivity index (χ3n) is 1.54. The summed E-state index contributed by atoms with van der Waals surface area (Å²) in [7, 11) is 0. The molecule has 1 aromatic rings. The van der Waals surface area contributed by atoms with Crippen molar-refractivity contribution >= 4 is 15.9 Å². The van der Waals surface area contributed by atoms with Crippen molar-refractivity contribution < 1.29 is 22.3 Å². The van der Waals surface area contributed by atoms with Gasteiger partial charge >= 0.3 is 6.18 Å². The summed E-state index contributed by atoms with van der Waals surface area (Å²) in [6.07, 6.45) is -5.39. The third-order valence-corrected chi connectivity index (χ3v) is 2.03. The topological polar surface area (TPSA) is 9.23 Å². The van der Waals surface area contributed by atoms with Gasteiger partial charge in [-0.2, -0.15) is 13.2 Å². The average molecular weight is 287 g/mol. The summed E-state index contributed by atoms with van der Waals surface area (Å²) in [6, 6.07) is 3.84. The maximum atomic E-state index is 13.0. The van der Waals surface area contributed by atoms with E-state index in [0.29, 0.717) is 4.47 Å². The van der Waals surface area contributed by atoms with E-state index < -0.39 is 25.0 Å². The van der Waals surface area contributed by atoms with Crippen LogP contribution in [0.3, 0.4) is 0 Å². The van der Waals surface area contributed by atoms with Gasteiger partial charge in [0.25, 0.3) is 0 Å². The molecule has 0 bridgehead atoms. The van der Waals surface area contributed by atoms with Crippen LogP contribution in [-0.4, -0.2) is 12.8 Å². The average Bonchev–Trinajstić information content (AvgIpc) is 2.09. The quantitative estimate of drug-likeness (QED) is 0.766. The Morgan fingerprint density at radius 1 is 1.27 bits per heavy atom. The summed E-state index contributed by atoms with van der Waals surface area (Å²) in [5.74, 6) is -0.867. The Kier molecular flexibility index (Phi) is 3.96. The Labute approximate surface area is 92.2 Å². The molecule has 15 heavy (non-hydrogen) atoms. The highest BCUT2D eigenvalue weighted by Crippen LogP contribution is 2.24. The summed E-state index contributed by atoms with van der Waals surface area (Å²) >= 11 is 3.06. The van der Waals surface area contributed by atoms with Crippen LogP contribution in [-0.2, 0) is 0 Å². The molecule has 0 saturated heterocycles. The van der Waals surface area contributed by atoms with Crippen LogP contribution in [0.5, 0.6) is 5.75 Å². The number of alkyl halides is 3. The van der Waals surface area contributed by atoms with E-state index in [9.17, 15) is 17.6 Å². The first-order valence-corrected chi connectivity index (χ1v) is 4.82. The second kappa shape index (κ2) is 4.83. The fraction of sp³-hybridized carbons (Fsp3) is 0.333. The third kappa shape index (κ3) is 4.51. The molecule has 0 aliphatic carbocycles. The van der Waals surface area contributed by atoms with E-state index in [1.807, 2.05) is 0 Å². The van der Waals surface area contributed by atoms with Crippen LogP contribution in [0.25, 0.3) is 0 Å². The lowest BCUT2D eigenvalue weighted by Crippen LogP contribution is -2.13. The Hall–Kier alpha value is -0.780. The predicted molar refractivity (Wildman–Crippen MR) is 50.3 cm³/mol. The van der Waals surface area contributed by atoms with Gasteiger partial charge in [0, 0.05) is 4.47 Å². The van der Waals surface area contributed by atoms with E-state index in [2.05, 4.69) is 20.7 Å². The number of rotatable bonds is 3. The van der Waals surface area contributed by atoms with E-state index in [1.54, 1.807) is 0 Å². The molecule has 0 unspecified atom stereocenters. The van der Waals surface area contributed by atoms with Crippen LogP contribution < -0.4 is 4.74 Å². The zero-order chi connectivity index (χ0) is 11.5. The molecule has 1 aromatic carbocycles. The molecule has 0 spiro atoms. The first-order chi connectivity index (χ1) is 6.88. The summed E-state index contributed by atoms with van der Waals surface area (Å²) in [6.45, 7) is -0.586. The van der Waals surface area contributed by atoms with E-state index in [1.165, 1.54) is 12.1 Å². The lowest BCUT2D eigenvalue weighted by atomic mass is 10.3. The molecule has 1 rings (SSSR count). The van der Waals surface area contributed by atoms with Gasteiger partial charge in [-0.15, -0.1) is 0 Å². The molecule has 0 aliphatic heterocycles. The lowest BCUT2D eigenvalue weighted by Gasteiger charge is -2.09. The molecule has 0 amide bonds. The Bertz CT molecular complexity index is 337. The van der Waals surface area contributed by atoms with Gasteiger partial charge in [0.15, 0.2) is 11.6 Å². The summed E-state index contributed by atoms with van der Waals surface area (Å²) < 4.78 is 53.4. The first-order valence-electron chi connectivity index (χ1n) is 4.03. The maximum absolute atomic E-state index is 13.0. The van der Waals surface area contributed by atoms with Crippen molar-refractivity contribution in [3.05, 3.63) is 28.5 Å². The van der Waals surface area contributed by atoms with Crippen LogP contribution in [0, 0.1) is 5.82 Å². The molecular weight excluding hydrogens is 280 g/mol. The number of ether oxygens (including phenoxy) is 1. The van der Waals surface area contributed by atoms with Gasteiger partial charge in [-0.25, -0.2) is 4.39 Å². The molecule has 0 heterocycles. The molecule has 0 atom stereocenters. The predicted octanol–water partition coefficient (Wildman–Crippen LogP) is 3.92. The Morgan fingerprint density at radius 2 is 1.93 bits per heavy atom. The van der Waals surface area contributed by atoms with E-state index >= 15 is 0 Å². The Morgan fingerprint density at radius 3 is 2.53 bits per heavy atom. The van der Waals surface area contributed by atoms with Crippen molar-refractivity contribution in [1.82, 2.24) is 0 Å². The summed E-state index contributed by atoms with van der Waals surface area (Å²) in [5.41, 5.74) is 0. The maximum Gasteiger partial charge on any atom is 0.392 e. The van der Waals surface area contributed by atoms with Crippen molar-refractivity contribution in [1.29, 1.82) is 0 Å². The lowest BCUT2D eigenvalue weighted by molar-refractivity contribution is -0.139.